The molecular weight excluding hydrogens is 254 g/mol. The Labute approximate surface area is 122 Å². The van der Waals surface area contributed by atoms with Crippen LogP contribution in [0.2, 0.25) is 0 Å². The van der Waals surface area contributed by atoms with E-state index in [9.17, 15) is 4.79 Å². The Morgan fingerprint density at radius 3 is 2.50 bits per heavy atom. The molecule has 2 heterocycles. The molecule has 2 aliphatic heterocycles. The van der Waals surface area contributed by atoms with Crippen molar-refractivity contribution in [3.05, 3.63) is 0 Å². The van der Waals surface area contributed by atoms with Crippen LogP contribution < -0.4 is 5.73 Å². The summed E-state index contributed by atoms with van der Waals surface area (Å²) < 4.78 is 5.64. The summed E-state index contributed by atoms with van der Waals surface area (Å²) in [6.07, 6.45) is 6.20. The summed E-state index contributed by atoms with van der Waals surface area (Å²) in [4.78, 5) is 16.7. The molecule has 2 fully saturated rings. The van der Waals surface area contributed by atoms with Crippen molar-refractivity contribution in [2.75, 3.05) is 39.3 Å². The number of hydrogen-bond acceptors (Lipinski definition) is 4. The highest BCUT2D eigenvalue weighted by atomic mass is 16.5. The average molecular weight is 283 g/mol. The van der Waals surface area contributed by atoms with Crippen molar-refractivity contribution < 1.29 is 9.53 Å². The Balaban J connectivity index is 1.80. The van der Waals surface area contributed by atoms with Gasteiger partial charge in [0, 0.05) is 32.2 Å². The molecule has 2 rings (SSSR count). The lowest BCUT2D eigenvalue weighted by Gasteiger charge is -2.35. The standard InChI is InChI=1S/C15H29N3O2/c1-13(16)14-11-17(9-10-20-14)12-15(19)18-7-5-3-2-4-6-8-18/h13-14H,2-12,16H2,1H3. The average Bonchev–Trinajstić information content (AvgIpc) is 2.38. The van der Waals surface area contributed by atoms with E-state index in [0.29, 0.717) is 13.2 Å². The van der Waals surface area contributed by atoms with E-state index in [2.05, 4.69) is 9.80 Å². The second kappa shape index (κ2) is 7.96. The number of ether oxygens (including phenoxy) is 1. The van der Waals surface area contributed by atoms with Crippen LogP contribution in [0, 0.1) is 0 Å². The van der Waals surface area contributed by atoms with Gasteiger partial charge in [0.1, 0.15) is 0 Å². The van der Waals surface area contributed by atoms with Crippen LogP contribution in [-0.2, 0) is 9.53 Å². The summed E-state index contributed by atoms with van der Waals surface area (Å²) in [6, 6.07) is 0.0228. The zero-order valence-electron chi connectivity index (χ0n) is 12.7. The summed E-state index contributed by atoms with van der Waals surface area (Å²) in [5, 5.41) is 0. The number of amides is 1. The minimum atomic E-state index is 0.0228. The van der Waals surface area contributed by atoms with Gasteiger partial charge >= 0.3 is 0 Å². The highest BCUT2D eigenvalue weighted by Gasteiger charge is 2.26. The lowest BCUT2D eigenvalue weighted by Crippen LogP contribution is -2.52. The Morgan fingerprint density at radius 2 is 1.85 bits per heavy atom. The molecular formula is C15H29N3O2. The van der Waals surface area contributed by atoms with Crippen molar-refractivity contribution in [1.29, 1.82) is 0 Å². The van der Waals surface area contributed by atoms with Crippen molar-refractivity contribution in [2.45, 2.75) is 51.2 Å². The highest BCUT2D eigenvalue weighted by molar-refractivity contribution is 5.78. The summed E-state index contributed by atoms with van der Waals surface area (Å²) in [6.45, 7) is 6.64. The summed E-state index contributed by atoms with van der Waals surface area (Å²) in [5.41, 5.74) is 5.89. The zero-order chi connectivity index (χ0) is 14.4. The van der Waals surface area contributed by atoms with Crippen molar-refractivity contribution in [3.63, 3.8) is 0 Å². The fraction of sp³-hybridized carbons (Fsp3) is 0.933. The normalized spacial score (nSPS) is 27.7. The lowest BCUT2D eigenvalue weighted by atomic mass is 10.1. The maximum Gasteiger partial charge on any atom is 0.236 e. The molecule has 2 atom stereocenters. The van der Waals surface area contributed by atoms with Crippen LogP contribution in [0.5, 0.6) is 0 Å². The minimum Gasteiger partial charge on any atom is -0.374 e. The zero-order valence-corrected chi connectivity index (χ0v) is 12.7. The predicted octanol–water partition coefficient (Wildman–Crippen LogP) is 0.827. The van der Waals surface area contributed by atoms with E-state index in [1.54, 1.807) is 0 Å². The van der Waals surface area contributed by atoms with Gasteiger partial charge < -0.3 is 15.4 Å². The molecule has 0 spiro atoms. The number of carbonyl (C=O) groups is 1. The molecule has 5 heteroatoms. The molecule has 2 unspecified atom stereocenters. The molecule has 116 valence electrons. The summed E-state index contributed by atoms with van der Waals surface area (Å²) in [5.74, 6) is 0.275. The Morgan fingerprint density at radius 1 is 1.20 bits per heavy atom. The molecule has 0 aromatic heterocycles. The first kappa shape index (κ1) is 15.7. The maximum absolute atomic E-state index is 12.4. The fourth-order valence-corrected chi connectivity index (χ4v) is 2.98. The minimum absolute atomic E-state index is 0.0228. The van der Waals surface area contributed by atoms with E-state index < -0.39 is 0 Å². The van der Waals surface area contributed by atoms with E-state index in [-0.39, 0.29) is 18.1 Å². The van der Waals surface area contributed by atoms with Crippen molar-refractivity contribution in [2.24, 2.45) is 5.73 Å². The molecule has 2 saturated heterocycles. The molecule has 20 heavy (non-hydrogen) atoms. The van der Waals surface area contributed by atoms with Crippen LogP contribution in [0.1, 0.15) is 39.0 Å². The van der Waals surface area contributed by atoms with Crippen LogP contribution in [0.25, 0.3) is 0 Å². The van der Waals surface area contributed by atoms with E-state index in [1.165, 1.54) is 19.3 Å². The number of nitrogens with zero attached hydrogens (tertiary/aromatic N) is 2. The van der Waals surface area contributed by atoms with E-state index in [4.69, 9.17) is 10.5 Å². The maximum atomic E-state index is 12.4. The van der Waals surface area contributed by atoms with Gasteiger partial charge in [0.2, 0.25) is 5.91 Å². The van der Waals surface area contributed by atoms with E-state index in [0.717, 1.165) is 39.0 Å². The molecule has 0 aromatic rings. The van der Waals surface area contributed by atoms with Gasteiger partial charge in [-0.15, -0.1) is 0 Å². The van der Waals surface area contributed by atoms with Crippen LogP contribution in [0.15, 0.2) is 0 Å². The molecule has 0 bridgehead atoms. The van der Waals surface area contributed by atoms with Crippen molar-refractivity contribution in [3.8, 4) is 0 Å². The predicted molar refractivity (Wildman–Crippen MR) is 79.5 cm³/mol. The number of hydrogen-bond donors (Lipinski definition) is 1. The van der Waals surface area contributed by atoms with Gasteiger partial charge in [-0.2, -0.15) is 0 Å². The first-order chi connectivity index (χ1) is 9.66. The second-order valence-electron chi connectivity index (χ2n) is 6.15. The smallest absolute Gasteiger partial charge is 0.236 e. The van der Waals surface area contributed by atoms with Gasteiger partial charge in [0.25, 0.3) is 0 Å². The van der Waals surface area contributed by atoms with Gasteiger partial charge in [0.05, 0.1) is 19.3 Å². The van der Waals surface area contributed by atoms with Gasteiger partial charge in [-0.05, 0) is 19.8 Å². The number of likely N-dealkylation sites (tertiary alicyclic amines) is 1. The van der Waals surface area contributed by atoms with Gasteiger partial charge in [-0.1, -0.05) is 19.3 Å². The highest BCUT2D eigenvalue weighted by Crippen LogP contribution is 2.12. The van der Waals surface area contributed by atoms with Crippen LogP contribution >= 0.6 is 0 Å². The lowest BCUT2D eigenvalue weighted by molar-refractivity contribution is -0.135. The number of rotatable bonds is 3. The van der Waals surface area contributed by atoms with Crippen LogP contribution in [-0.4, -0.2) is 67.2 Å². The molecule has 0 radical (unpaired) electrons. The Hall–Kier alpha value is -0.650. The third-order valence-corrected chi connectivity index (χ3v) is 4.33. The Kier molecular flexibility index (Phi) is 6.26. The Bertz CT molecular complexity index is 301. The van der Waals surface area contributed by atoms with Crippen LogP contribution in [0.4, 0.5) is 0 Å². The molecule has 5 nitrogen and oxygen atoms in total. The quantitative estimate of drug-likeness (QED) is 0.833. The van der Waals surface area contributed by atoms with Gasteiger partial charge in [-0.3, -0.25) is 9.69 Å². The van der Waals surface area contributed by atoms with Crippen molar-refractivity contribution >= 4 is 5.91 Å². The number of morpholine rings is 1. The monoisotopic (exact) mass is 283 g/mol. The van der Waals surface area contributed by atoms with Gasteiger partial charge in [-0.25, -0.2) is 0 Å². The first-order valence-corrected chi connectivity index (χ1v) is 8.04. The number of nitrogens with two attached hydrogens (primary N) is 1. The van der Waals surface area contributed by atoms with Gasteiger partial charge in [0.15, 0.2) is 0 Å². The summed E-state index contributed by atoms with van der Waals surface area (Å²) in [7, 11) is 0. The van der Waals surface area contributed by atoms with Crippen LogP contribution in [0.3, 0.4) is 0 Å². The SMILES string of the molecule is CC(N)C1CN(CC(=O)N2CCCCCCC2)CCO1. The molecule has 2 N–H and O–H groups in total. The molecule has 0 aromatic carbocycles. The number of carbonyl (C=O) groups excluding carboxylic acids is 1. The topological polar surface area (TPSA) is 58.8 Å². The second-order valence-corrected chi connectivity index (χ2v) is 6.15. The molecule has 0 aliphatic carbocycles. The van der Waals surface area contributed by atoms with E-state index >= 15 is 0 Å². The molecule has 0 saturated carbocycles. The third-order valence-electron chi connectivity index (χ3n) is 4.33. The van der Waals surface area contributed by atoms with E-state index in [1.807, 2.05) is 6.92 Å². The first-order valence-electron chi connectivity index (χ1n) is 8.04. The largest absolute Gasteiger partial charge is 0.374 e. The third kappa shape index (κ3) is 4.72. The summed E-state index contributed by atoms with van der Waals surface area (Å²) >= 11 is 0. The molecule has 1 amide bonds. The molecule has 2 aliphatic rings. The fourth-order valence-electron chi connectivity index (χ4n) is 2.98. The van der Waals surface area contributed by atoms with Crippen molar-refractivity contribution in [1.82, 2.24) is 9.80 Å².